The molecule has 1 saturated heterocycles. The van der Waals surface area contributed by atoms with Crippen molar-refractivity contribution in [3.63, 3.8) is 0 Å². The fourth-order valence-electron chi connectivity index (χ4n) is 3.39. The van der Waals surface area contributed by atoms with Gasteiger partial charge in [-0.25, -0.2) is 4.98 Å². The fraction of sp³-hybridized carbons (Fsp3) is 0.333. The summed E-state index contributed by atoms with van der Waals surface area (Å²) in [7, 11) is 0. The number of carbonyl (C=O) groups excluding carboxylic acids is 1. The van der Waals surface area contributed by atoms with E-state index in [1.165, 1.54) is 9.96 Å². The van der Waals surface area contributed by atoms with Crippen LogP contribution in [0.2, 0.25) is 0 Å². The normalized spacial score (nSPS) is 15.3. The van der Waals surface area contributed by atoms with Crippen LogP contribution in [0, 0.1) is 19.8 Å². The lowest BCUT2D eigenvalue weighted by Crippen LogP contribution is -2.42. The quantitative estimate of drug-likeness (QED) is 0.708. The van der Waals surface area contributed by atoms with Gasteiger partial charge in [0.15, 0.2) is 5.69 Å². The number of rotatable bonds is 3. The first kappa shape index (κ1) is 17.5. The Hall–Kier alpha value is -2.89. The molecule has 1 aliphatic heterocycles. The molecule has 0 spiro atoms. The van der Waals surface area contributed by atoms with Crippen molar-refractivity contribution >= 4 is 11.6 Å². The highest BCUT2D eigenvalue weighted by Crippen LogP contribution is 2.21. The number of ether oxygens (including phenoxy) is 1. The molecule has 1 aliphatic rings. The Kier molecular flexibility index (Phi) is 4.56. The molecule has 6 heteroatoms. The average molecular weight is 367 g/mol. The van der Waals surface area contributed by atoms with E-state index in [2.05, 4.69) is 4.98 Å². The number of hydrogen-bond acceptors (Lipinski definition) is 3. The summed E-state index contributed by atoms with van der Waals surface area (Å²) in [4.78, 5) is 18.6. The molecule has 0 bridgehead atoms. The Morgan fingerprint density at radius 2 is 1.81 bits per heavy atom. The number of amides is 1. The van der Waals surface area contributed by atoms with Crippen molar-refractivity contribution in [3.8, 4) is 5.75 Å². The van der Waals surface area contributed by atoms with Crippen molar-refractivity contribution < 1.29 is 13.9 Å². The number of carbonyl (C=O) groups is 1. The summed E-state index contributed by atoms with van der Waals surface area (Å²) in [5.41, 5.74) is 2.50. The summed E-state index contributed by atoms with van der Waals surface area (Å²) in [6, 6.07) is 11.5. The minimum atomic E-state index is -0.604. The zero-order chi connectivity index (χ0) is 19.0. The van der Waals surface area contributed by atoms with Crippen LogP contribution in [-0.4, -0.2) is 39.4 Å². The Balaban J connectivity index is 1.43. The molecular formula is C21H22FN3O2. The number of aromatic nitrogens is 2. The van der Waals surface area contributed by atoms with Gasteiger partial charge in [-0.1, -0.05) is 17.7 Å². The second-order valence-corrected chi connectivity index (χ2v) is 7.11. The van der Waals surface area contributed by atoms with Crippen LogP contribution in [0.15, 0.2) is 42.6 Å². The molecule has 2 aromatic heterocycles. The number of halogens is 1. The zero-order valence-corrected chi connectivity index (χ0v) is 15.5. The maximum atomic E-state index is 14.6. The van der Waals surface area contributed by atoms with Gasteiger partial charge >= 0.3 is 0 Å². The monoisotopic (exact) mass is 367 g/mol. The Morgan fingerprint density at radius 1 is 1.11 bits per heavy atom. The molecular weight excluding hydrogens is 345 g/mol. The van der Waals surface area contributed by atoms with E-state index < -0.39 is 5.95 Å². The number of fused-ring (bicyclic) bond motifs is 1. The molecule has 4 rings (SSSR count). The van der Waals surface area contributed by atoms with Gasteiger partial charge in [-0.05, 0) is 43.7 Å². The van der Waals surface area contributed by atoms with Crippen molar-refractivity contribution in [2.75, 3.05) is 13.1 Å². The molecule has 3 aromatic rings. The third-order valence-electron chi connectivity index (χ3n) is 4.98. The minimum absolute atomic E-state index is 0.0605. The maximum absolute atomic E-state index is 14.6. The van der Waals surface area contributed by atoms with E-state index in [9.17, 15) is 9.18 Å². The molecule has 0 aliphatic carbocycles. The molecule has 5 nitrogen and oxygen atoms in total. The van der Waals surface area contributed by atoms with E-state index in [0.717, 1.165) is 11.3 Å². The summed E-state index contributed by atoms with van der Waals surface area (Å²) in [6.45, 7) is 5.00. The minimum Gasteiger partial charge on any atom is -0.490 e. The third kappa shape index (κ3) is 3.52. The molecule has 27 heavy (non-hydrogen) atoms. The van der Waals surface area contributed by atoms with Crippen LogP contribution in [0.25, 0.3) is 5.65 Å². The Labute approximate surface area is 157 Å². The van der Waals surface area contributed by atoms with Crippen molar-refractivity contribution in [1.82, 2.24) is 14.3 Å². The first-order valence-corrected chi connectivity index (χ1v) is 9.18. The van der Waals surface area contributed by atoms with E-state index in [-0.39, 0.29) is 17.7 Å². The van der Waals surface area contributed by atoms with Gasteiger partial charge in [0.1, 0.15) is 17.5 Å². The highest BCUT2D eigenvalue weighted by Gasteiger charge is 2.28. The second-order valence-electron chi connectivity index (χ2n) is 7.11. The summed E-state index contributed by atoms with van der Waals surface area (Å²) < 4.78 is 21.9. The molecule has 1 fully saturated rings. The van der Waals surface area contributed by atoms with Gasteiger partial charge in [-0.15, -0.1) is 0 Å². The number of imidazole rings is 1. The summed E-state index contributed by atoms with van der Waals surface area (Å²) in [5.74, 6) is -0.122. The summed E-state index contributed by atoms with van der Waals surface area (Å²) >= 11 is 0. The third-order valence-corrected chi connectivity index (χ3v) is 4.98. The number of benzene rings is 1. The zero-order valence-electron chi connectivity index (χ0n) is 15.5. The number of hydrogen-bond donors (Lipinski definition) is 0. The van der Waals surface area contributed by atoms with E-state index in [1.807, 2.05) is 38.1 Å². The summed E-state index contributed by atoms with van der Waals surface area (Å²) in [5, 5.41) is 0. The van der Waals surface area contributed by atoms with Gasteiger partial charge in [-0.3, -0.25) is 9.20 Å². The molecule has 0 atom stereocenters. The standard InChI is InChI=1S/C21H22FN3O2/c1-14-3-5-16(6-4-14)27-17-8-10-24(11-9-17)21(26)19-20(22)25-12-7-15(2)13-18(25)23-19/h3-7,12-13,17H,8-11H2,1-2H3. The van der Waals surface area contributed by atoms with Crippen molar-refractivity contribution in [2.45, 2.75) is 32.8 Å². The number of likely N-dealkylation sites (tertiary alicyclic amines) is 1. The van der Waals surface area contributed by atoms with E-state index in [0.29, 0.717) is 31.6 Å². The van der Waals surface area contributed by atoms with Crippen LogP contribution < -0.4 is 4.74 Å². The van der Waals surface area contributed by atoms with Gasteiger partial charge in [0, 0.05) is 32.1 Å². The predicted molar refractivity (Wildman–Crippen MR) is 101 cm³/mol. The lowest BCUT2D eigenvalue weighted by molar-refractivity contribution is 0.0586. The molecule has 0 saturated carbocycles. The summed E-state index contributed by atoms with van der Waals surface area (Å²) in [6.07, 6.45) is 3.10. The van der Waals surface area contributed by atoms with Gasteiger partial charge in [-0.2, -0.15) is 4.39 Å². The lowest BCUT2D eigenvalue weighted by Gasteiger charge is -2.31. The highest BCUT2D eigenvalue weighted by molar-refractivity contribution is 5.93. The highest BCUT2D eigenvalue weighted by atomic mass is 19.1. The van der Waals surface area contributed by atoms with Crippen LogP contribution in [0.4, 0.5) is 4.39 Å². The van der Waals surface area contributed by atoms with Crippen LogP contribution >= 0.6 is 0 Å². The average Bonchev–Trinajstić information content (AvgIpc) is 2.99. The Morgan fingerprint density at radius 3 is 2.52 bits per heavy atom. The van der Waals surface area contributed by atoms with Crippen LogP contribution in [0.3, 0.4) is 0 Å². The number of nitrogens with zero attached hydrogens (tertiary/aromatic N) is 3. The molecule has 140 valence electrons. The fourth-order valence-corrected chi connectivity index (χ4v) is 3.39. The molecule has 0 N–H and O–H groups in total. The van der Waals surface area contributed by atoms with Crippen LogP contribution in [0.1, 0.15) is 34.5 Å². The largest absolute Gasteiger partial charge is 0.490 e. The van der Waals surface area contributed by atoms with E-state index >= 15 is 0 Å². The van der Waals surface area contributed by atoms with Crippen LogP contribution in [0.5, 0.6) is 5.75 Å². The van der Waals surface area contributed by atoms with Gasteiger partial charge in [0.2, 0.25) is 5.95 Å². The molecule has 3 heterocycles. The van der Waals surface area contributed by atoms with Crippen molar-refractivity contribution in [3.05, 3.63) is 65.4 Å². The smallest absolute Gasteiger partial charge is 0.277 e. The number of piperidine rings is 1. The molecule has 0 radical (unpaired) electrons. The first-order valence-electron chi connectivity index (χ1n) is 9.18. The van der Waals surface area contributed by atoms with E-state index in [1.54, 1.807) is 23.2 Å². The lowest BCUT2D eigenvalue weighted by atomic mass is 10.1. The van der Waals surface area contributed by atoms with Gasteiger partial charge in [0.05, 0.1) is 0 Å². The SMILES string of the molecule is Cc1ccc(OC2CCN(C(=O)c3nc4cc(C)ccn4c3F)CC2)cc1. The number of aryl methyl sites for hydroxylation is 2. The topological polar surface area (TPSA) is 46.8 Å². The van der Waals surface area contributed by atoms with Crippen molar-refractivity contribution in [1.29, 1.82) is 0 Å². The van der Waals surface area contributed by atoms with Crippen LogP contribution in [-0.2, 0) is 0 Å². The number of pyridine rings is 1. The van der Waals surface area contributed by atoms with E-state index in [4.69, 9.17) is 4.74 Å². The molecule has 0 unspecified atom stereocenters. The molecule has 1 aromatic carbocycles. The van der Waals surface area contributed by atoms with Gasteiger partial charge < -0.3 is 9.64 Å². The first-order chi connectivity index (χ1) is 13.0. The van der Waals surface area contributed by atoms with Gasteiger partial charge in [0.25, 0.3) is 5.91 Å². The maximum Gasteiger partial charge on any atom is 0.277 e. The van der Waals surface area contributed by atoms with Crippen molar-refractivity contribution in [2.24, 2.45) is 0 Å². The second kappa shape index (κ2) is 7.02. The predicted octanol–water partition coefficient (Wildman–Crippen LogP) is 3.77. The Bertz CT molecular complexity index is 973. The molecule has 1 amide bonds.